The zero-order valence-electron chi connectivity index (χ0n) is 24.9. The topological polar surface area (TPSA) is 133 Å². The van der Waals surface area contributed by atoms with Gasteiger partial charge in [0.1, 0.15) is 11.4 Å². The highest BCUT2D eigenvalue weighted by molar-refractivity contribution is 7.13. The number of ether oxygens (including phenoxy) is 2. The van der Waals surface area contributed by atoms with Gasteiger partial charge in [-0.1, -0.05) is 12.1 Å². The number of pyridine rings is 1. The number of fused-ring (bicyclic) bond motifs is 3. The van der Waals surface area contributed by atoms with Crippen molar-refractivity contribution >= 4 is 34.8 Å². The monoisotopic (exact) mass is 610 g/mol. The molecule has 9 nitrogen and oxygen atoms in total. The fourth-order valence-corrected chi connectivity index (χ4v) is 6.56. The minimum atomic E-state index is -0.719. The second-order valence-electron chi connectivity index (χ2n) is 11.3. The van der Waals surface area contributed by atoms with Crippen molar-refractivity contribution in [3.8, 4) is 27.3 Å². The molecule has 1 aliphatic carbocycles. The van der Waals surface area contributed by atoms with Crippen molar-refractivity contribution in [3.05, 3.63) is 87.0 Å². The molecule has 0 atom stereocenters. The van der Waals surface area contributed by atoms with Crippen LogP contribution in [0.25, 0.3) is 21.6 Å². The van der Waals surface area contributed by atoms with Crippen molar-refractivity contribution in [2.24, 2.45) is 11.7 Å². The molecule has 10 heteroatoms. The van der Waals surface area contributed by atoms with E-state index < -0.39 is 5.97 Å². The number of anilines is 1. The molecule has 44 heavy (non-hydrogen) atoms. The van der Waals surface area contributed by atoms with Gasteiger partial charge in [-0.25, -0.2) is 9.78 Å². The Morgan fingerprint density at radius 1 is 1.02 bits per heavy atom. The Hall–Kier alpha value is -4.54. The highest BCUT2D eigenvalue weighted by Gasteiger charge is 2.28. The number of rotatable bonds is 8. The van der Waals surface area contributed by atoms with Crippen LogP contribution in [0.2, 0.25) is 0 Å². The number of methoxy groups -OCH3 is 1. The summed E-state index contributed by atoms with van der Waals surface area (Å²) in [5.74, 6) is -0.363. The number of nitrogens with zero attached hydrogens (tertiary/aromatic N) is 1. The third kappa shape index (κ3) is 5.82. The maximum absolute atomic E-state index is 14.2. The molecule has 2 aliphatic rings. The van der Waals surface area contributed by atoms with Crippen molar-refractivity contribution in [1.82, 2.24) is 10.3 Å². The number of nitrogens with one attached hydrogen (secondary N) is 2. The second-order valence-corrected chi connectivity index (χ2v) is 12.2. The van der Waals surface area contributed by atoms with Gasteiger partial charge in [-0.2, -0.15) is 0 Å². The Labute approximate surface area is 259 Å². The van der Waals surface area contributed by atoms with Gasteiger partial charge < -0.3 is 25.8 Å². The molecule has 3 heterocycles. The zero-order valence-corrected chi connectivity index (χ0v) is 25.7. The average molecular weight is 611 g/mol. The van der Waals surface area contributed by atoms with Gasteiger partial charge in [0.25, 0.3) is 11.8 Å². The minimum Gasteiger partial charge on any atom is -0.493 e. The van der Waals surface area contributed by atoms with Crippen LogP contribution >= 0.6 is 11.3 Å². The molecule has 0 unspecified atom stereocenters. The number of amides is 2. The molecule has 6 rings (SSSR count). The Morgan fingerprint density at radius 3 is 2.50 bits per heavy atom. The summed E-state index contributed by atoms with van der Waals surface area (Å²) in [6.07, 6.45) is 2.92. The second kappa shape index (κ2) is 12.2. The maximum Gasteiger partial charge on any atom is 0.357 e. The number of esters is 1. The number of aryl methyl sites for hydroxylation is 2. The van der Waals surface area contributed by atoms with E-state index in [1.165, 1.54) is 7.11 Å². The lowest BCUT2D eigenvalue weighted by Crippen LogP contribution is -2.27. The number of hydrogen-bond donors (Lipinski definition) is 3. The van der Waals surface area contributed by atoms with Crippen LogP contribution in [-0.2, 0) is 17.7 Å². The van der Waals surface area contributed by atoms with Crippen LogP contribution in [0.15, 0.2) is 47.8 Å². The molecule has 4 N–H and O–H groups in total. The van der Waals surface area contributed by atoms with Gasteiger partial charge in [-0.3, -0.25) is 9.59 Å². The molecule has 1 fully saturated rings. The molecule has 1 saturated carbocycles. The van der Waals surface area contributed by atoms with Crippen LogP contribution in [0.3, 0.4) is 0 Å². The van der Waals surface area contributed by atoms with Crippen LogP contribution < -0.4 is 21.1 Å². The van der Waals surface area contributed by atoms with Gasteiger partial charge in [0.05, 0.1) is 13.7 Å². The number of aromatic nitrogens is 1. The standard InChI is InChI=1S/C34H34N4O5S/c1-18-12-21(16-35)13-19(2)29(18)38-32(39)25-14-26-28(43-10-8-22-9-11-44-31(22)26)15-24(25)23-6-7-27(37-30(23)34(41)42-3)33(40)36-17-20-4-5-20/h6-7,9,11-15,20H,4-5,8,10,16-17,35H2,1-3H3,(H,36,40)(H,38,39). The van der Waals surface area contributed by atoms with Crippen LogP contribution in [0.1, 0.15) is 66.4 Å². The van der Waals surface area contributed by atoms with E-state index in [-0.39, 0.29) is 23.2 Å². The maximum atomic E-state index is 14.2. The first-order chi connectivity index (χ1) is 21.3. The van der Waals surface area contributed by atoms with Gasteiger partial charge in [0.15, 0.2) is 5.69 Å². The SMILES string of the molecule is COC(=O)c1nc(C(=O)NCC2CC2)ccc1-c1cc2c(cc1C(=O)Nc1c(C)cc(CN)cc1C)-c1sccc1CCO2. The first-order valence-corrected chi connectivity index (χ1v) is 15.5. The largest absolute Gasteiger partial charge is 0.493 e. The predicted molar refractivity (Wildman–Crippen MR) is 170 cm³/mol. The molecular weight excluding hydrogens is 576 g/mol. The van der Waals surface area contributed by atoms with Gasteiger partial charge in [-0.15, -0.1) is 11.3 Å². The Kier molecular flexibility index (Phi) is 8.20. The van der Waals surface area contributed by atoms with Gasteiger partial charge in [0.2, 0.25) is 0 Å². The van der Waals surface area contributed by atoms with E-state index in [0.29, 0.717) is 53.7 Å². The smallest absolute Gasteiger partial charge is 0.357 e. The Balaban J connectivity index is 1.49. The number of thiophene rings is 1. The molecule has 0 bridgehead atoms. The van der Waals surface area contributed by atoms with E-state index in [9.17, 15) is 14.4 Å². The zero-order chi connectivity index (χ0) is 31.0. The number of nitrogens with two attached hydrogens (primary N) is 1. The van der Waals surface area contributed by atoms with Gasteiger partial charge in [-0.05, 0) is 90.6 Å². The highest BCUT2D eigenvalue weighted by atomic mass is 32.1. The minimum absolute atomic E-state index is 0.0642. The van der Waals surface area contributed by atoms with Crippen molar-refractivity contribution in [3.63, 3.8) is 0 Å². The van der Waals surface area contributed by atoms with Crippen molar-refractivity contribution in [2.75, 3.05) is 25.6 Å². The van der Waals surface area contributed by atoms with Crippen molar-refractivity contribution in [2.45, 2.75) is 39.7 Å². The molecule has 2 amide bonds. The fraction of sp³-hybridized carbons (Fsp3) is 0.294. The highest BCUT2D eigenvalue weighted by Crippen LogP contribution is 2.43. The summed E-state index contributed by atoms with van der Waals surface area (Å²) < 4.78 is 11.3. The third-order valence-corrected chi connectivity index (χ3v) is 9.09. The van der Waals surface area contributed by atoms with Gasteiger partial charge >= 0.3 is 5.97 Å². The van der Waals surface area contributed by atoms with Crippen LogP contribution in [0, 0.1) is 19.8 Å². The summed E-state index contributed by atoms with van der Waals surface area (Å²) in [5, 5.41) is 8.03. The van der Waals surface area contributed by atoms with E-state index in [1.807, 2.05) is 37.4 Å². The van der Waals surface area contributed by atoms with Crippen molar-refractivity contribution in [1.29, 1.82) is 0 Å². The normalized spacial score (nSPS) is 13.6. The third-order valence-electron chi connectivity index (χ3n) is 8.10. The molecular formula is C34H34N4O5S. The van der Waals surface area contributed by atoms with Crippen LogP contribution in [-0.4, -0.2) is 43.0 Å². The summed E-state index contributed by atoms with van der Waals surface area (Å²) in [6.45, 7) is 5.29. The number of hydrogen-bond acceptors (Lipinski definition) is 8. The summed E-state index contributed by atoms with van der Waals surface area (Å²) in [4.78, 5) is 45.6. The average Bonchev–Trinajstić information content (AvgIpc) is 3.79. The first-order valence-electron chi connectivity index (χ1n) is 14.6. The lowest BCUT2D eigenvalue weighted by Gasteiger charge is -2.19. The lowest BCUT2D eigenvalue weighted by atomic mass is 9.93. The first kappa shape index (κ1) is 29.5. The number of benzene rings is 2. The number of carbonyl (C=O) groups excluding carboxylic acids is 3. The summed E-state index contributed by atoms with van der Waals surface area (Å²) in [6, 6.07) is 12.8. The van der Waals surface area contributed by atoms with Gasteiger partial charge in [0, 0.05) is 52.3 Å². The van der Waals surface area contributed by atoms with E-state index in [0.717, 1.165) is 52.0 Å². The van der Waals surface area contributed by atoms with Crippen molar-refractivity contribution < 1.29 is 23.9 Å². The van der Waals surface area contributed by atoms with Crippen LogP contribution in [0.5, 0.6) is 5.75 Å². The molecule has 2 aromatic carbocycles. The van der Waals surface area contributed by atoms with E-state index in [2.05, 4.69) is 21.7 Å². The predicted octanol–water partition coefficient (Wildman–Crippen LogP) is 5.67. The van der Waals surface area contributed by atoms with E-state index in [1.54, 1.807) is 29.5 Å². The molecule has 0 radical (unpaired) electrons. The van der Waals surface area contributed by atoms with E-state index in [4.69, 9.17) is 15.2 Å². The van der Waals surface area contributed by atoms with Crippen LogP contribution in [0.4, 0.5) is 5.69 Å². The lowest BCUT2D eigenvalue weighted by molar-refractivity contribution is 0.0594. The molecule has 2 aromatic heterocycles. The quantitative estimate of drug-likeness (QED) is 0.219. The summed E-state index contributed by atoms with van der Waals surface area (Å²) in [7, 11) is 1.26. The molecule has 226 valence electrons. The molecule has 1 aliphatic heterocycles. The van der Waals surface area contributed by atoms with E-state index >= 15 is 0 Å². The summed E-state index contributed by atoms with van der Waals surface area (Å²) in [5.41, 5.74) is 12.4. The Bertz CT molecular complexity index is 1770. The fourth-order valence-electron chi connectivity index (χ4n) is 5.58. The molecule has 4 aromatic rings. The molecule has 0 saturated heterocycles. The number of carbonyl (C=O) groups is 3. The molecule has 0 spiro atoms. The Morgan fingerprint density at radius 2 is 1.80 bits per heavy atom. The summed E-state index contributed by atoms with van der Waals surface area (Å²) >= 11 is 1.59.